The van der Waals surface area contributed by atoms with Crippen LogP contribution in [0.25, 0.3) is 22.0 Å². The molecule has 26 heavy (non-hydrogen) atoms. The van der Waals surface area contributed by atoms with E-state index < -0.39 is 0 Å². The summed E-state index contributed by atoms with van der Waals surface area (Å²) in [5.74, 6) is -0.373. The van der Waals surface area contributed by atoms with Crippen LogP contribution < -0.4 is 11.1 Å². The molecule has 0 atom stereocenters. The van der Waals surface area contributed by atoms with Crippen molar-refractivity contribution in [1.29, 1.82) is 0 Å². The molecule has 3 rings (SSSR count). The van der Waals surface area contributed by atoms with Gasteiger partial charge in [-0.05, 0) is 43.1 Å². The highest BCUT2D eigenvalue weighted by Crippen LogP contribution is 2.31. The summed E-state index contributed by atoms with van der Waals surface area (Å²) >= 11 is 0. The monoisotopic (exact) mass is 349 g/mol. The molecule has 0 unspecified atom stereocenters. The van der Waals surface area contributed by atoms with E-state index >= 15 is 0 Å². The van der Waals surface area contributed by atoms with E-state index in [0.717, 1.165) is 34.1 Å². The van der Waals surface area contributed by atoms with Crippen molar-refractivity contribution in [3.63, 3.8) is 0 Å². The normalized spacial score (nSPS) is 10.7. The summed E-state index contributed by atoms with van der Waals surface area (Å²) in [6, 6.07) is 16.2. The number of benzene rings is 2. The van der Waals surface area contributed by atoms with Gasteiger partial charge in [0.2, 0.25) is 0 Å². The zero-order chi connectivity index (χ0) is 18.4. The molecule has 0 spiro atoms. The van der Waals surface area contributed by atoms with Crippen LogP contribution in [-0.2, 0) is 4.74 Å². The van der Waals surface area contributed by atoms with Gasteiger partial charge < -0.3 is 15.8 Å². The van der Waals surface area contributed by atoms with Gasteiger partial charge >= 0.3 is 5.97 Å². The SMILES string of the molecule is CCOC(=O)c1cnc2ccc(-c3ccccc3)cc2c1NCCCN. The van der Waals surface area contributed by atoms with Crippen molar-refractivity contribution in [3.05, 3.63) is 60.3 Å². The third-order valence-electron chi connectivity index (χ3n) is 4.15. The largest absolute Gasteiger partial charge is 0.462 e. The molecule has 5 heteroatoms. The Kier molecular flexibility index (Phi) is 5.81. The first kappa shape index (κ1) is 17.9. The Balaban J connectivity index is 2.12. The molecule has 0 fully saturated rings. The fourth-order valence-electron chi connectivity index (χ4n) is 2.87. The molecule has 3 aromatic rings. The number of nitrogens with two attached hydrogens (primary N) is 1. The van der Waals surface area contributed by atoms with E-state index in [4.69, 9.17) is 10.5 Å². The van der Waals surface area contributed by atoms with Gasteiger partial charge in [-0.25, -0.2) is 4.79 Å². The zero-order valence-electron chi connectivity index (χ0n) is 14.9. The molecule has 0 amide bonds. The predicted octanol–water partition coefficient (Wildman–Crippen LogP) is 3.84. The molecule has 0 bridgehead atoms. The van der Waals surface area contributed by atoms with E-state index in [2.05, 4.69) is 28.5 Å². The quantitative estimate of drug-likeness (QED) is 0.500. The maximum atomic E-state index is 12.4. The van der Waals surface area contributed by atoms with Gasteiger partial charge in [0.25, 0.3) is 0 Å². The lowest BCUT2D eigenvalue weighted by molar-refractivity contribution is 0.0527. The Hall–Kier alpha value is -2.92. The smallest absolute Gasteiger partial charge is 0.341 e. The molecule has 0 aliphatic carbocycles. The van der Waals surface area contributed by atoms with Crippen molar-refractivity contribution in [1.82, 2.24) is 4.98 Å². The van der Waals surface area contributed by atoms with Crippen molar-refractivity contribution in [2.75, 3.05) is 25.0 Å². The van der Waals surface area contributed by atoms with Gasteiger partial charge in [0, 0.05) is 18.1 Å². The van der Waals surface area contributed by atoms with Crippen molar-refractivity contribution < 1.29 is 9.53 Å². The summed E-state index contributed by atoms with van der Waals surface area (Å²) < 4.78 is 5.20. The number of nitrogens with one attached hydrogen (secondary N) is 1. The van der Waals surface area contributed by atoms with E-state index in [1.54, 1.807) is 13.1 Å². The molecule has 0 saturated carbocycles. The summed E-state index contributed by atoms with van der Waals surface area (Å²) in [5, 5.41) is 4.25. The van der Waals surface area contributed by atoms with E-state index in [-0.39, 0.29) is 5.97 Å². The van der Waals surface area contributed by atoms with Crippen LogP contribution in [-0.4, -0.2) is 30.6 Å². The van der Waals surface area contributed by atoms with Crippen LogP contribution in [0.15, 0.2) is 54.7 Å². The maximum Gasteiger partial charge on any atom is 0.341 e. The van der Waals surface area contributed by atoms with E-state index in [1.807, 2.05) is 30.3 Å². The first-order chi connectivity index (χ1) is 12.7. The zero-order valence-corrected chi connectivity index (χ0v) is 14.9. The number of hydrogen-bond acceptors (Lipinski definition) is 5. The molecular weight excluding hydrogens is 326 g/mol. The van der Waals surface area contributed by atoms with E-state index in [0.29, 0.717) is 25.3 Å². The lowest BCUT2D eigenvalue weighted by atomic mass is 10.0. The van der Waals surface area contributed by atoms with Gasteiger partial charge in [0.05, 0.1) is 17.8 Å². The van der Waals surface area contributed by atoms with E-state index in [1.165, 1.54) is 0 Å². The number of esters is 1. The summed E-state index contributed by atoms with van der Waals surface area (Å²) in [7, 11) is 0. The predicted molar refractivity (Wildman–Crippen MR) is 105 cm³/mol. The molecule has 0 aliphatic heterocycles. The van der Waals surface area contributed by atoms with Crippen LogP contribution >= 0.6 is 0 Å². The van der Waals surface area contributed by atoms with Crippen molar-refractivity contribution in [2.24, 2.45) is 5.73 Å². The minimum atomic E-state index is -0.373. The van der Waals surface area contributed by atoms with Crippen molar-refractivity contribution in [2.45, 2.75) is 13.3 Å². The third-order valence-corrected chi connectivity index (χ3v) is 4.15. The average molecular weight is 349 g/mol. The minimum Gasteiger partial charge on any atom is -0.462 e. The minimum absolute atomic E-state index is 0.323. The highest BCUT2D eigenvalue weighted by molar-refractivity contribution is 6.05. The summed E-state index contributed by atoms with van der Waals surface area (Å²) in [4.78, 5) is 16.8. The molecular formula is C21H23N3O2. The number of ether oxygens (including phenoxy) is 1. The van der Waals surface area contributed by atoms with Gasteiger partial charge in [-0.3, -0.25) is 4.98 Å². The molecule has 1 heterocycles. The van der Waals surface area contributed by atoms with Gasteiger partial charge in [-0.15, -0.1) is 0 Å². The van der Waals surface area contributed by atoms with Crippen LogP contribution in [0.2, 0.25) is 0 Å². The second-order valence-corrected chi connectivity index (χ2v) is 5.93. The number of rotatable bonds is 7. The van der Waals surface area contributed by atoms with Crippen molar-refractivity contribution in [3.8, 4) is 11.1 Å². The average Bonchev–Trinajstić information content (AvgIpc) is 2.68. The fraction of sp³-hybridized carbons (Fsp3) is 0.238. The van der Waals surface area contributed by atoms with Crippen LogP contribution in [0.3, 0.4) is 0 Å². The fourth-order valence-corrected chi connectivity index (χ4v) is 2.87. The number of pyridine rings is 1. The van der Waals surface area contributed by atoms with Crippen LogP contribution in [0.4, 0.5) is 5.69 Å². The molecule has 3 N–H and O–H groups in total. The lowest BCUT2D eigenvalue weighted by Crippen LogP contribution is -2.14. The Morgan fingerprint density at radius 2 is 1.96 bits per heavy atom. The van der Waals surface area contributed by atoms with Crippen LogP contribution in [0.1, 0.15) is 23.7 Å². The number of aromatic nitrogens is 1. The number of anilines is 1. The third kappa shape index (κ3) is 3.83. The number of nitrogens with zero attached hydrogens (tertiary/aromatic N) is 1. The lowest BCUT2D eigenvalue weighted by Gasteiger charge is -2.15. The molecule has 0 aliphatic rings. The topological polar surface area (TPSA) is 77.2 Å². The van der Waals surface area contributed by atoms with Gasteiger partial charge in [0.1, 0.15) is 5.56 Å². The number of carbonyl (C=O) groups is 1. The Bertz CT molecular complexity index is 894. The second-order valence-electron chi connectivity index (χ2n) is 5.93. The molecule has 5 nitrogen and oxygen atoms in total. The van der Waals surface area contributed by atoms with Crippen LogP contribution in [0.5, 0.6) is 0 Å². The molecule has 0 saturated heterocycles. The molecule has 2 aromatic carbocycles. The second kappa shape index (κ2) is 8.45. The van der Waals surface area contributed by atoms with Gasteiger partial charge in [-0.2, -0.15) is 0 Å². The first-order valence-electron chi connectivity index (χ1n) is 8.84. The summed E-state index contributed by atoms with van der Waals surface area (Å²) in [6.07, 6.45) is 2.39. The molecule has 0 radical (unpaired) electrons. The van der Waals surface area contributed by atoms with Gasteiger partial charge in [-0.1, -0.05) is 36.4 Å². The number of fused-ring (bicyclic) bond motifs is 1. The Morgan fingerprint density at radius 1 is 1.15 bits per heavy atom. The Labute approximate surface area is 153 Å². The summed E-state index contributed by atoms with van der Waals surface area (Å²) in [6.45, 7) is 3.38. The van der Waals surface area contributed by atoms with Crippen LogP contribution in [0, 0.1) is 0 Å². The number of hydrogen-bond donors (Lipinski definition) is 2. The highest BCUT2D eigenvalue weighted by atomic mass is 16.5. The molecule has 134 valence electrons. The maximum absolute atomic E-state index is 12.4. The molecule has 1 aromatic heterocycles. The number of carbonyl (C=O) groups excluding carboxylic acids is 1. The van der Waals surface area contributed by atoms with E-state index in [9.17, 15) is 4.79 Å². The first-order valence-corrected chi connectivity index (χ1v) is 8.84. The standard InChI is InChI=1S/C21H23N3O2/c1-2-26-21(25)18-14-24-19-10-9-16(15-7-4-3-5-8-15)13-17(19)20(18)23-12-6-11-22/h3-5,7-10,13-14H,2,6,11-12,22H2,1H3,(H,23,24). The van der Waals surface area contributed by atoms with Gasteiger partial charge in [0.15, 0.2) is 0 Å². The Morgan fingerprint density at radius 3 is 2.69 bits per heavy atom. The highest BCUT2D eigenvalue weighted by Gasteiger charge is 2.17. The van der Waals surface area contributed by atoms with Crippen molar-refractivity contribution >= 4 is 22.6 Å². The summed E-state index contributed by atoms with van der Waals surface area (Å²) in [5.41, 5.74) is 9.82.